The van der Waals surface area contributed by atoms with Crippen molar-refractivity contribution in [1.82, 2.24) is 0 Å². The number of benzene rings is 1. The molecular formula is C14H16FNOS. The van der Waals surface area contributed by atoms with Crippen molar-refractivity contribution in [1.29, 1.82) is 0 Å². The number of halogens is 1. The van der Waals surface area contributed by atoms with Crippen molar-refractivity contribution in [3.8, 4) is 0 Å². The number of furan rings is 1. The fourth-order valence-corrected chi connectivity index (χ4v) is 2.71. The van der Waals surface area contributed by atoms with Crippen LogP contribution in [-0.2, 0) is 6.42 Å². The molecule has 1 aromatic carbocycles. The molecule has 96 valence electrons. The van der Waals surface area contributed by atoms with E-state index in [4.69, 9.17) is 10.2 Å². The van der Waals surface area contributed by atoms with Gasteiger partial charge in [0, 0.05) is 10.9 Å². The summed E-state index contributed by atoms with van der Waals surface area (Å²) in [6.07, 6.45) is 2.32. The number of nitrogens with two attached hydrogens (primary N) is 1. The topological polar surface area (TPSA) is 39.2 Å². The first-order valence-corrected chi connectivity index (χ1v) is 6.64. The number of rotatable bonds is 4. The maximum Gasteiger partial charge on any atom is 0.123 e. The monoisotopic (exact) mass is 265 g/mol. The van der Waals surface area contributed by atoms with Crippen LogP contribution in [0.5, 0.6) is 0 Å². The minimum Gasteiger partial charge on any atom is -0.468 e. The van der Waals surface area contributed by atoms with E-state index in [9.17, 15) is 4.39 Å². The first-order chi connectivity index (χ1) is 8.56. The molecule has 2 N–H and O–H groups in total. The maximum atomic E-state index is 13.3. The van der Waals surface area contributed by atoms with E-state index in [1.165, 1.54) is 6.07 Å². The Kier molecular flexibility index (Phi) is 4.09. The van der Waals surface area contributed by atoms with Gasteiger partial charge in [-0.05, 0) is 50.1 Å². The lowest BCUT2D eigenvalue weighted by molar-refractivity contribution is 0.527. The summed E-state index contributed by atoms with van der Waals surface area (Å²) in [6.45, 7) is 3.83. The largest absolute Gasteiger partial charge is 0.468 e. The van der Waals surface area contributed by atoms with E-state index in [2.05, 4.69) is 0 Å². The zero-order valence-corrected chi connectivity index (χ0v) is 11.3. The van der Waals surface area contributed by atoms with Crippen LogP contribution in [0.4, 0.5) is 4.39 Å². The molecule has 0 aliphatic carbocycles. The third-order valence-corrected chi connectivity index (χ3v) is 3.86. The minimum absolute atomic E-state index is 0.0107. The predicted octanol–water partition coefficient (Wildman–Crippen LogP) is 3.77. The summed E-state index contributed by atoms with van der Waals surface area (Å²) >= 11 is 1.58. The normalized spacial score (nSPS) is 12.7. The average molecular weight is 265 g/mol. The molecule has 0 bridgehead atoms. The second-order valence-electron chi connectivity index (χ2n) is 4.38. The summed E-state index contributed by atoms with van der Waals surface area (Å²) in [5, 5.41) is 0. The highest BCUT2D eigenvalue weighted by Gasteiger charge is 2.10. The molecule has 0 aliphatic rings. The molecule has 1 unspecified atom stereocenters. The van der Waals surface area contributed by atoms with Gasteiger partial charge < -0.3 is 10.2 Å². The predicted molar refractivity (Wildman–Crippen MR) is 71.3 cm³/mol. The Hall–Kier alpha value is -1.26. The first kappa shape index (κ1) is 13.2. The van der Waals surface area contributed by atoms with Gasteiger partial charge in [0.25, 0.3) is 0 Å². The van der Waals surface area contributed by atoms with E-state index in [1.54, 1.807) is 30.2 Å². The van der Waals surface area contributed by atoms with Gasteiger partial charge in [0.05, 0.1) is 11.2 Å². The molecule has 0 saturated carbocycles. The molecule has 0 aliphatic heterocycles. The molecule has 0 spiro atoms. The van der Waals surface area contributed by atoms with E-state index in [0.717, 1.165) is 21.1 Å². The summed E-state index contributed by atoms with van der Waals surface area (Å²) in [7, 11) is 0. The average Bonchev–Trinajstić information content (AvgIpc) is 2.67. The van der Waals surface area contributed by atoms with Gasteiger partial charge in [-0.25, -0.2) is 4.39 Å². The Morgan fingerprint density at radius 2 is 2.11 bits per heavy atom. The molecule has 2 aromatic rings. The quantitative estimate of drug-likeness (QED) is 0.914. The third-order valence-electron chi connectivity index (χ3n) is 2.60. The highest BCUT2D eigenvalue weighted by Crippen LogP contribution is 2.33. The fraction of sp³-hybridized carbons (Fsp3) is 0.286. The maximum absolute atomic E-state index is 13.3. The van der Waals surface area contributed by atoms with Crippen LogP contribution in [0.15, 0.2) is 44.7 Å². The van der Waals surface area contributed by atoms with Crippen LogP contribution >= 0.6 is 11.8 Å². The molecule has 0 radical (unpaired) electrons. The lowest BCUT2D eigenvalue weighted by atomic mass is 10.1. The van der Waals surface area contributed by atoms with E-state index >= 15 is 0 Å². The molecule has 2 rings (SSSR count). The summed E-state index contributed by atoms with van der Waals surface area (Å²) in [6, 6.07) is 6.75. The molecule has 1 atom stereocenters. The van der Waals surface area contributed by atoms with Gasteiger partial charge in [-0.15, -0.1) is 0 Å². The Bertz CT molecular complexity index is 536. The summed E-state index contributed by atoms with van der Waals surface area (Å²) in [5.41, 5.74) is 6.74. The second-order valence-corrected chi connectivity index (χ2v) is 5.46. The van der Waals surface area contributed by atoms with Crippen LogP contribution in [0.3, 0.4) is 0 Å². The SMILES string of the molecule is Cc1occc1Sc1ccc(F)cc1CC(C)N. The number of hydrogen-bond donors (Lipinski definition) is 1. The fourth-order valence-electron chi connectivity index (χ4n) is 1.75. The summed E-state index contributed by atoms with van der Waals surface area (Å²) in [5.74, 6) is 0.648. The first-order valence-electron chi connectivity index (χ1n) is 5.82. The Balaban J connectivity index is 2.29. The molecular weight excluding hydrogens is 249 g/mol. The van der Waals surface area contributed by atoms with Gasteiger partial charge in [0.2, 0.25) is 0 Å². The van der Waals surface area contributed by atoms with Gasteiger partial charge in [-0.1, -0.05) is 11.8 Å². The van der Waals surface area contributed by atoms with Crippen molar-refractivity contribution in [2.45, 2.75) is 36.1 Å². The third kappa shape index (κ3) is 3.15. The van der Waals surface area contributed by atoms with Crippen LogP contribution in [0.25, 0.3) is 0 Å². The van der Waals surface area contributed by atoms with Gasteiger partial charge in [0.15, 0.2) is 0 Å². The molecule has 2 nitrogen and oxygen atoms in total. The van der Waals surface area contributed by atoms with Crippen LogP contribution in [0.1, 0.15) is 18.2 Å². The molecule has 0 saturated heterocycles. The van der Waals surface area contributed by atoms with Crippen LogP contribution in [0, 0.1) is 12.7 Å². The van der Waals surface area contributed by atoms with E-state index < -0.39 is 0 Å². The van der Waals surface area contributed by atoms with Crippen molar-refractivity contribution in [2.24, 2.45) is 5.73 Å². The molecule has 1 heterocycles. The highest BCUT2D eigenvalue weighted by molar-refractivity contribution is 7.99. The van der Waals surface area contributed by atoms with Gasteiger partial charge in [0.1, 0.15) is 11.6 Å². The molecule has 18 heavy (non-hydrogen) atoms. The van der Waals surface area contributed by atoms with E-state index in [0.29, 0.717) is 6.42 Å². The number of hydrogen-bond acceptors (Lipinski definition) is 3. The van der Waals surface area contributed by atoms with Crippen molar-refractivity contribution >= 4 is 11.8 Å². The lowest BCUT2D eigenvalue weighted by Crippen LogP contribution is -2.18. The van der Waals surface area contributed by atoms with E-state index in [-0.39, 0.29) is 11.9 Å². The van der Waals surface area contributed by atoms with Crippen molar-refractivity contribution in [3.63, 3.8) is 0 Å². The lowest BCUT2D eigenvalue weighted by Gasteiger charge is -2.11. The Morgan fingerprint density at radius 3 is 2.72 bits per heavy atom. The minimum atomic E-state index is -0.223. The molecule has 0 amide bonds. The zero-order valence-electron chi connectivity index (χ0n) is 10.4. The van der Waals surface area contributed by atoms with Crippen LogP contribution < -0.4 is 5.73 Å². The zero-order chi connectivity index (χ0) is 13.1. The van der Waals surface area contributed by atoms with Crippen LogP contribution in [-0.4, -0.2) is 6.04 Å². The van der Waals surface area contributed by atoms with Gasteiger partial charge in [-0.3, -0.25) is 0 Å². The number of aryl methyl sites for hydroxylation is 1. The highest BCUT2D eigenvalue weighted by atomic mass is 32.2. The molecule has 4 heteroatoms. The van der Waals surface area contributed by atoms with Crippen molar-refractivity contribution < 1.29 is 8.81 Å². The molecule has 1 aromatic heterocycles. The van der Waals surface area contributed by atoms with E-state index in [1.807, 2.05) is 19.9 Å². The molecule has 0 fully saturated rings. The second kappa shape index (κ2) is 5.59. The van der Waals surface area contributed by atoms with Gasteiger partial charge >= 0.3 is 0 Å². The Labute approximate surface area is 110 Å². The van der Waals surface area contributed by atoms with Gasteiger partial charge in [-0.2, -0.15) is 0 Å². The standard InChI is InChI=1S/C14H16FNOS/c1-9(16)7-11-8-12(15)3-4-14(11)18-13-5-6-17-10(13)2/h3-6,8-9H,7,16H2,1-2H3. The summed E-state index contributed by atoms with van der Waals surface area (Å²) in [4.78, 5) is 2.07. The smallest absolute Gasteiger partial charge is 0.123 e. The Morgan fingerprint density at radius 1 is 1.33 bits per heavy atom. The summed E-state index contributed by atoms with van der Waals surface area (Å²) < 4.78 is 18.5. The van der Waals surface area contributed by atoms with Crippen molar-refractivity contribution in [3.05, 3.63) is 47.7 Å². The van der Waals surface area contributed by atoms with Crippen LogP contribution in [0.2, 0.25) is 0 Å². The van der Waals surface area contributed by atoms with Crippen molar-refractivity contribution in [2.75, 3.05) is 0 Å².